The van der Waals surface area contributed by atoms with Crippen molar-refractivity contribution in [1.82, 2.24) is 16.0 Å². The summed E-state index contributed by atoms with van der Waals surface area (Å²) in [4.78, 5) is 62.2. The number of ether oxygens (including phenoxy) is 2. The van der Waals surface area contributed by atoms with Gasteiger partial charge in [-0.15, -0.1) is 0 Å². The first-order valence-electron chi connectivity index (χ1n) is 14.2. The Morgan fingerprint density at radius 2 is 1.43 bits per heavy atom. The summed E-state index contributed by atoms with van der Waals surface area (Å²) in [5, 5.41) is 35.6. The number of carboxylic acids is 2. The number of carbonyl (C=O) groups excluding carboxylic acids is 3. The van der Waals surface area contributed by atoms with Gasteiger partial charge in [0.05, 0.1) is 0 Å². The van der Waals surface area contributed by atoms with E-state index in [0.29, 0.717) is 24.8 Å². The third kappa shape index (κ3) is 16.8. The van der Waals surface area contributed by atoms with Gasteiger partial charge in [0.2, 0.25) is 11.8 Å². The van der Waals surface area contributed by atoms with Crippen molar-refractivity contribution in [2.75, 3.05) is 19.8 Å². The molecule has 244 valence electrons. The predicted octanol–water partition coefficient (Wildman–Crippen LogP) is 0.993. The third-order valence-corrected chi connectivity index (χ3v) is 6.12. The SMILES string of the molecule is CC(C)(C)OC(=O)N[C@@H](Cc1ccccc1)C(=O)N[C@@H](Cc1ccc(OCC(=O)O)c(C(=O)O)c1)C(=O)NCCCCCO.[NaH].[NaH]. The van der Waals surface area contributed by atoms with Crippen LogP contribution in [0.3, 0.4) is 0 Å². The maximum atomic E-state index is 13.6. The second-order valence-corrected chi connectivity index (χ2v) is 11.0. The van der Waals surface area contributed by atoms with E-state index in [2.05, 4.69) is 16.0 Å². The molecule has 15 heteroatoms. The number of aliphatic hydroxyl groups excluding tert-OH is 1. The Morgan fingerprint density at radius 1 is 0.804 bits per heavy atom. The van der Waals surface area contributed by atoms with Crippen molar-refractivity contribution in [3.8, 4) is 5.75 Å². The first kappa shape index (κ1) is 43.4. The van der Waals surface area contributed by atoms with E-state index in [-0.39, 0.29) is 96.4 Å². The number of rotatable bonds is 17. The van der Waals surface area contributed by atoms with Gasteiger partial charge in [0.25, 0.3) is 0 Å². The van der Waals surface area contributed by atoms with E-state index >= 15 is 0 Å². The number of aromatic carboxylic acids is 1. The number of hydrogen-bond acceptors (Lipinski definition) is 8. The molecule has 2 rings (SSSR count). The van der Waals surface area contributed by atoms with Crippen molar-refractivity contribution < 1.29 is 48.8 Å². The van der Waals surface area contributed by atoms with E-state index < -0.39 is 54.1 Å². The number of benzene rings is 2. The van der Waals surface area contributed by atoms with Gasteiger partial charge in [-0.2, -0.15) is 0 Å². The minimum atomic E-state index is -1.37. The molecule has 0 radical (unpaired) electrons. The van der Waals surface area contributed by atoms with Gasteiger partial charge in [-0.1, -0.05) is 36.4 Å². The van der Waals surface area contributed by atoms with Crippen molar-refractivity contribution in [2.24, 2.45) is 0 Å². The van der Waals surface area contributed by atoms with Crippen LogP contribution in [-0.4, -0.2) is 142 Å². The molecule has 13 nitrogen and oxygen atoms in total. The van der Waals surface area contributed by atoms with Crippen LogP contribution in [0.1, 0.15) is 61.5 Å². The van der Waals surface area contributed by atoms with Gasteiger partial charge >= 0.3 is 77.1 Å². The molecular formula is C31H43N3Na2O10. The molecule has 0 bridgehead atoms. The van der Waals surface area contributed by atoms with Gasteiger partial charge in [-0.3, -0.25) is 9.59 Å². The normalized spacial score (nSPS) is 11.8. The van der Waals surface area contributed by atoms with E-state index in [9.17, 15) is 29.1 Å². The molecule has 0 fully saturated rings. The molecule has 3 amide bonds. The van der Waals surface area contributed by atoms with Gasteiger partial charge < -0.3 is 40.7 Å². The number of carboxylic acid groups (broad SMARTS) is 2. The summed E-state index contributed by atoms with van der Waals surface area (Å²) in [7, 11) is 0. The molecular weight excluding hydrogens is 620 g/mol. The molecule has 0 aliphatic rings. The number of carbonyl (C=O) groups is 5. The van der Waals surface area contributed by atoms with E-state index in [1.807, 2.05) is 6.07 Å². The quantitative estimate of drug-likeness (QED) is 0.105. The molecule has 0 heterocycles. The minimum absolute atomic E-state index is 0. The zero-order valence-corrected chi connectivity index (χ0v) is 25.1. The van der Waals surface area contributed by atoms with Gasteiger partial charge in [0, 0.05) is 26.0 Å². The molecule has 0 aliphatic heterocycles. The van der Waals surface area contributed by atoms with E-state index in [0.717, 1.165) is 5.56 Å². The Hall–Kier alpha value is -2.65. The van der Waals surface area contributed by atoms with Crippen LogP contribution in [0.5, 0.6) is 5.75 Å². The Kier molecular flexibility index (Phi) is 20.7. The average Bonchev–Trinajstić information content (AvgIpc) is 2.94. The van der Waals surface area contributed by atoms with Gasteiger partial charge in [-0.25, -0.2) is 14.4 Å². The maximum absolute atomic E-state index is 13.6. The molecule has 2 aromatic rings. The van der Waals surface area contributed by atoms with Crippen LogP contribution in [-0.2, 0) is 32.0 Å². The van der Waals surface area contributed by atoms with Crippen molar-refractivity contribution in [3.63, 3.8) is 0 Å². The van der Waals surface area contributed by atoms with Crippen LogP contribution in [0.4, 0.5) is 4.79 Å². The van der Waals surface area contributed by atoms with E-state index in [1.54, 1.807) is 45.0 Å². The number of nitrogens with one attached hydrogen (secondary N) is 3. The summed E-state index contributed by atoms with van der Waals surface area (Å²) in [5.41, 5.74) is -0.0349. The third-order valence-electron chi connectivity index (χ3n) is 6.12. The number of amides is 3. The fraction of sp³-hybridized carbons (Fsp3) is 0.452. The van der Waals surface area contributed by atoms with E-state index in [1.165, 1.54) is 18.2 Å². The molecule has 2 atom stereocenters. The fourth-order valence-electron chi connectivity index (χ4n) is 4.11. The monoisotopic (exact) mass is 663 g/mol. The molecule has 0 aliphatic carbocycles. The first-order valence-corrected chi connectivity index (χ1v) is 14.2. The standard InChI is InChI=1S/C31H41N3O10.2Na.2H/c1-31(2,3)44-30(42)34-24(17-20-10-6-4-7-11-20)28(39)33-23(27(38)32-14-8-5-9-15-35)18-21-12-13-25(43-19-26(36)37)22(16-21)29(40)41;;;;/h4,6-7,10-13,16,23-24,35H,5,8-9,14-15,17-19H2,1-3H3,(H,32,38)(H,33,39)(H,34,42)(H,36,37)(H,40,41);;;;/t23-,24-;;;;/m0..../s1. The number of aliphatic hydroxyl groups is 1. The summed E-state index contributed by atoms with van der Waals surface area (Å²) >= 11 is 0. The number of aliphatic carboxylic acids is 1. The number of hydrogen-bond donors (Lipinski definition) is 6. The Morgan fingerprint density at radius 3 is 2.02 bits per heavy atom. The second-order valence-electron chi connectivity index (χ2n) is 11.0. The second kappa shape index (κ2) is 22.0. The predicted molar refractivity (Wildman–Crippen MR) is 174 cm³/mol. The van der Waals surface area contributed by atoms with Crippen molar-refractivity contribution >= 4 is 89.0 Å². The Balaban J connectivity index is 0.0000101. The molecule has 0 spiro atoms. The molecule has 0 saturated heterocycles. The Bertz CT molecular complexity index is 1290. The van der Waals surface area contributed by atoms with Crippen LogP contribution < -0.4 is 20.7 Å². The topological polar surface area (TPSA) is 201 Å². The molecule has 0 unspecified atom stereocenters. The summed E-state index contributed by atoms with van der Waals surface area (Å²) in [6.45, 7) is 4.61. The molecule has 0 saturated carbocycles. The van der Waals surface area contributed by atoms with Crippen LogP contribution in [0.2, 0.25) is 0 Å². The van der Waals surface area contributed by atoms with Gasteiger partial charge in [-0.05, 0) is 63.3 Å². The summed E-state index contributed by atoms with van der Waals surface area (Å²) in [6, 6.07) is 10.7. The van der Waals surface area contributed by atoms with Crippen LogP contribution in [0.15, 0.2) is 48.5 Å². The van der Waals surface area contributed by atoms with Crippen LogP contribution >= 0.6 is 0 Å². The van der Waals surface area contributed by atoms with Crippen molar-refractivity contribution in [2.45, 2.75) is 70.6 Å². The zero-order chi connectivity index (χ0) is 32.7. The molecule has 2 aromatic carbocycles. The summed E-state index contributed by atoms with van der Waals surface area (Å²) < 4.78 is 10.4. The molecule has 46 heavy (non-hydrogen) atoms. The Labute approximate surface area is 312 Å². The average molecular weight is 664 g/mol. The van der Waals surface area contributed by atoms with Crippen molar-refractivity contribution in [1.29, 1.82) is 0 Å². The van der Waals surface area contributed by atoms with Crippen LogP contribution in [0.25, 0.3) is 0 Å². The molecule has 0 aromatic heterocycles. The molecule has 6 N–H and O–H groups in total. The number of alkyl carbamates (subject to hydrolysis) is 1. The van der Waals surface area contributed by atoms with Gasteiger partial charge in [0.1, 0.15) is 29.0 Å². The van der Waals surface area contributed by atoms with Crippen molar-refractivity contribution in [3.05, 3.63) is 65.2 Å². The summed E-state index contributed by atoms with van der Waals surface area (Å²) in [5.74, 6) is -4.03. The van der Waals surface area contributed by atoms with Crippen LogP contribution in [0, 0.1) is 0 Å². The number of unbranched alkanes of at least 4 members (excludes halogenated alkanes) is 2. The summed E-state index contributed by atoms with van der Waals surface area (Å²) in [6.07, 6.45) is 0.983. The fourth-order valence-corrected chi connectivity index (χ4v) is 4.11. The van der Waals surface area contributed by atoms with Gasteiger partial charge in [0.15, 0.2) is 6.61 Å². The first-order chi connectivity index (χ1) is 20.8. The zero-order valence-electron chi connectivity index (χ0n) is 25.1. The van der Waals surface area contributed by atoms with E-state index in [4.69, 9.17) is 19.7 Å².